The number of esters is 1. The van der Waals surface area contributed by atoms with Gasteiger partial charge in [0.1, 0.15) is 16.5 Å². The Labute approximate surface area is 161 Å². The molecule has 6 nitrogen and oxygen atoms in total. The molecule has 0 aliphatic heterocycles. The minimum Gasteiger partial charge on any atom is -0.465 e. The van der Waals surface area contributed by atoms with Gasteiger partial charge in [-0.05, 0) is 42.5 Å². The number of benzene rings is 3. The Kier molecular flexibility index (Phi) is 5.60. The van der Waals surface area contributed by atoms with Crippen LogP contribution in [0.5, 0.6) is 11.5 Å². The van der Waals surface area contributed by atoms with Gasteiger partial charge < -0.3 is 9.47 Å². The average molecular weight is 401 g/mol. The van der Waals surface area contributed by atoms with Crippen LogP contribution in [-0.4, -0.2) is 21.5 Å². The van der Waals surface area contributed by atoms with Crippen molar-refractivity contribution in [1.82, 2.24) is 0 Å². The first-order chi connectivity index (χ1) is 13.4. The topological polar surface area (TPSA) is 81.7 Å². The molecule has 0 heterocycles. The van der Waals surface area contributed by atoms with E-state index < -0.39 is 26.7 Å². The number of hydrogen-bond acceptors (Lipinski definition) is 5. The van der Waals surface area contributed by atoms with Crippen molar-refractivity contribution < 1.29 is 27.1 Å². The Morgan fingerprint density at radius 1 is 0.964 bits per heavy atom. The lowest BCUT2D eigenvalue weighted by atomic mass is 10.2. The minimum absolute atomic E-state index is 0.0851. The van der Waals surface area contributed by atoms with Crippen molar-refractivity contribution >= 4 is 21.7 Å². The number of methoxy groups -OCH3 is 1. The second-order valence-electron chi connectivity index (χ2n) is 5.65. The second-order valence-corrected chi connectivity index (χ2v) is 7.30. The Morgan fingerprint density at radius 3 is 2.36 bits per heavy atom. The molecule has 0 atom stereocenters. The van der Waals surface area contributed by atoms with Crippen molar-refractivity contribution in [2.24, 2.45) is 0 Å². The zero-order valence-electron chi connectivity index (χ0n) is 14.8. The molecule has 0 aliphatic rings. The summed E-state index contributed by atoms with van der Waals surface area (Å²) in [7, 11) is -3.19. The molecule has 0 fully saturated rings. The molecule has 0 radical (unpaired) electrons. The zero-order chi connectivity index (χ0) is 20.1. The van der Waals surface area contributed by atoms with Gasteiger partial charge in [0.05, 0.1) is 18.4 Å². The van der Waals surface area contributed by atoms with Crippen molar-refractivity contribution in [3.05, 3.63) is 84.2 Å². The molecule has 0 bridgehead atoms. The Morgan fingerprint density at radius 2 is 1.64 bits per heavy atom. The number of carbonyl (C=O) groups excluding carboxylic acids is 1. The number of nitrogens with one attached hydrogen (secondary N) is 1. The number of carbonyl (C=O) groups is 1. The highest BCUT2D eigenvalue weighted by Crippen LogP contribution is 2.31. The summed E-state index contributed by atoms with van der Waals surface area (Å²) in [5.74, 6) is -1.03. The van der Waals surface area contributed by atoms with Crippen LogP contribution < -0.4 is 9.46 Å². The van der Waals surface area contributed by atoms with Crippen molar-refractivity contribution in [2.45, 2.75) is 4.90 Å². The molecule has 0 unspecified atom stereocenters. The number of rotatable bonds is 6. The number of para-hydroxylation sites is 3. The molecule has 0 amide bonds. The summed E-state index contributed by atoms with van der Waals surface area (Å²) in [6.07, 6.45) is 0. The van der Waals surface area contributed by atoms with Crippen LogP contribution in [0, 0.1) is 5.82 Å². The first-order valence-electron chi connectivity index (χ1n) is 8.13. The van der Waals surface area contributed by atoms with E-state index in [0.717, 1.165) is 25.3 Å². The molecule has 3 rings (SSSR count). The third kappa shape index (κ3) is 4.29. The van der Waals surface area contributed by atoms with Crippen LogP contribution in [0.3, 0.4) is 0 Å². The summed E-state index contributed by atoms with van der Waals surface area (Å²) < 4.78 is 52.2. The summed E-state index contributed by atoms with van der Waals surface area (Å²) in [6.45, 7) is 0. The van der Waals surface area contributed by atoms with Gasteiger partial charge in [-0.3, -0.25) is 4.72 Å². The molecule has 0 saturated heterocycles. The van der Waals surface area contributed by atoms with Crippen molar-refractivity contribution in [2.75, 3.05) is 11.8 Å². The third-order valence-electron chi connectivity index (χ3n) is 3.74. The quantitative estimate of drug-likeness (QED) is 0.626. The molecule has 3 aromatic carbocycles. The Balaban J connectivity index is 1.95. The van der Waals surface area contributed by atoms with Gasteiger partial charge in [-0.2, -0.15) is 0 Å². The number of hydrogen-bond donors (Lipinski definition) is 1. The van der Waals surface area contributed by atoms with Gasteiger partial charge in [0.2, 0.25) is 0 Å². The molecule has 1 N–H and O–H groups in total. The predicted molar refractivity (Wildman–Crippen MR) is 102 cm³/mol. The number of sulfonamides is 1. The minimum atomic E-state index is -4.34. The summed E-state index contributed by atoms with van der Waals surface area (Å²) in [6, 6.07) is 18.1. The summed E-state index contributed by atoms with van der Waals surface area (Å²) >= 11 is 0. The van der Waals surface area contributed by atoms with E-state index in [9.17, 15) is 17.6 Å². The van der Waals surface area contributed by atoms with Crippen LogP contribution in [0.15, 0.2) is 77.7 Å². The van der Waals surface area contributed by atoms with E-state index in [1.165, 1.54) is 6.07 Å². The average Bonchev–Trinajstić information content (AvgIpc) is 2.69. The third-order valence-corrected chi connectivity index (χ3v) is 5.12. The van der Waals surface area contributed by atoms with Gasteiger partial charge in [-0.15, -0.1) is 0 Å². The van der Waals surface area contributed by atoms with Crippen LogP contribution in [0.4, 0.5) is 10.1 Å². The molecule has 0 aliphatic carbocycles. The maximum Gasteiger partial charge on any atom is 0.337 e. The molecular weight excluding hydrogens is 385 g/mol. The van der Waals surface area contributed by atoms with Gasteiger partial charge >= 0.3 is 5.97 Å². The van der Waals surface area contributed by atoms with Crippen LogP contribution in [0.25, 0.3) is 0 Å². The van der Waals surface area contributed by atoms with Crippen molar-refractivity contribution in [3.8, 4) is 11.5 Å². The first-order valence-corrected chi connectivity index (χ1v) is 9.61. The monoisotopic (exact) mass is 401 g/mol. The van der Waals surface area contributed by atoms with E-state index in [-0.39, 0.29) is 17.0 Å². The molecular formula is C20H16FNO5S. The molecule has 8 heteroatoms. The second kappa shape index (κ2) is 8.10. The van der Waals surface area contributed by atoms with E-state index in [1.807, 2.05) is 6.07 Å². The molecule has 28 heavy (non-hydrogen) atoms. The predicted octanol–water partition coefficient (Wildman–Crippen LogP) is 4.21. The zero-order valence-corrected chi connectivity index (χ0v) is 15.6. The standard InChI is InChI=1S/C20H16FNO5S/c1-26-20(23)14-11-12-16(21)19(13-14)28(24,25)22-17-9-5-6-10-18(17)27-15-7-3-2-4-8-15/h2-13,22H,1H3. The molecule has 3 aromatic rings. The highest BCUT2D eigenvalue weighted by molar-refractivity contribution is 7.92. The van der Waals surface area contributed by atoms with E-state index in [1.54, 1.807) is 42.5 Å². The Bertz CT molecular complexity index is 1100. The van der Waals surface area contributed by atoms with Crippen LogP contribution in [0.2, 0.25) is 0 Å². The van der Waals surface area contributed by atoms with Crippen molar-refractivity contribution in [3.63, 3.8) is 0 Å². The van der Waals surface area contributed by atoms with Gasteiger partial charge in [-0.1, -0.05) is 30.3 Å². The fourth-order valence-electron chi connectivity index (χ4n) is 2.41. The lowest BCUT2D eigenvalue weighted by molar-refractivity contribution is 0.0600. The SMILES string of the molecule is COC(=O)c1ccc(F)c(S(=O)(=O)Nc2ccccc2Oc2ccccc2)c1. The van der Waals surface area contributed by atoms with Crippen molar-refractivity contribution in [1.29, 1.82) is 0 Å². The highest BCUT2D eigenvalue weighted by Gasteiger charge is 2.23. The summed E-state index contributed by atoms with van der Waals surface area (Å²) in [5, 5.41) is 0. The maximum absolute atomic E-state index is 14.2. The maximum atomic E-state index is 14.2. The number of anilines is 1. The van der Waals surface area contributed by atoms with Gasteiger partial charge in [0.15, 0.2) is 5.75 Å². The van der Waals surface area contributed by atoms with Gasteiger partial charge in [0, 0.05) is 0 Å². The van der Waals surface area contributed by atoms with Crippen LogP contribution in [0.1, 0.15) is 10.4 Å². The van der Waals surface area contributed by atoms with E-state index in [4.69, 9.17) is 4.74 Å². The normalized spacial score (nSPS) is 10.9. The number of ether oxygens (including phenoxy) is 2. The lowest BCUT2D eigenvalue weighted by Crippen LogP contribution is -2.16. The Hall–Kier alpha value is -3.39. The molecule has 144 valence electrons. The fraction of sp³-hybridized carbons (Fsp3) is 0.0500. The molecule has 0 aromatic heterocycles. The highest BCUT2D eigenvalue weighted by atomic mass is 32.2. The molecule has 0 saturated carbocycles. The van der Waals surface area contributed by atoms with E-state index >= 15 is 0 Å². The van der Waals surface area contributed by atoms with Gasteiger partial charge in [0.25, 0.3) is 10.0 Å². The first kappa shape index (κ1) is 19.4. The largest absolute Gasteiger partial charge is 0.465 e. The summed E-state index contributed by atoms with van der Waals surface area (Å²) in [4.78, 5) is 11.0. The lowest BCUT2D eigenvalue weighted by Gasteiger charge is -2.14. The smallest absolute Gasteiger partial charge is 0.337 e. The van der Waals surface area contributed by atoms with Crippen LogP contribution >= 0.6 is 0 Å². The van der Waals surface area contributed by atoms with Gasteiger partial charge in [-0.25, -0.2) is 17.6 Å². The van der Waals surface area contributed by atoms with E-state index in [2.05, 4.69) is 9.46 Å². The van der Waals surface area contributed by atoms with Crippen LogP contribution in [-0.2, 0) is 14.8 Å². The fourth-order valence-corrected chi connectivity index (χ4v) is 3.58. The van der Waals surface area contributed by atoms with E-state index in [0.29, 0.717) is 5.75 Å². The molecule has 0 spiro atoms. The number of halogens is 1. The summed E-state index contributed by atoms with van der Waals surface area (Å²) in [5.41, 5.74) is 0.0346.